The van der Waals surface area contributed by atoms with Crippen LogP contribution >= 0.6 is 0 Å². The SMILES string of the molecule is COc1cccc([C@@H](N)[C@@H](O)C2CCC2)c1F. The van der Waals surface area contributed by atoms with Crippen molar-refractivity contribution in [2.75, 3.05) is 7.11 Å². The fraction of sp³-hybridized carbons (Fsp3) is 0.538. The number of rotatable bonds is 4. The van der Waals surface area contributed by atoms with Crippen LogP contribution in [0.4, 0.5) is 4.39 Å². The lowest BCUT2D eigenvalue weighted by Crippen LogP contribution is -2.36. The molecule has 0 saturated heterocycles. The van der Waals surface area contributed by atoms with Gasteiger partial charge in [0.15, 0.2) is 11.6 Å². The molecule has 3 nitrogen and oxygen atoms in total. The van der Waals surface area contributed by atoms with Crippen LogP contribution < -0.4 is 10.5 Å². The number of hydrogen-bond donors (Lipinski definition) is 2. The first-order valence-corrected chi connectivity index (χ1v) is 5.91. The predicted molar refractivity (Wildman–Crippen MR) is 63.2 cm³/mol. The monoisotopic (exact) mass is 239 g/mol. The molecule has 0 aromatic heterocycles. The van der Waals surface area contributed by atoms with E-state index in [0.29, 0.717) is 5.56 Å². The number of nitrogens with two attached hydrogens (primary N) is 1. The van der Waals surface area contributed by atoms with Crippen molar-refractivity contribution >= 4 is 0 Å². The summed E-state index contributed by atoms with van der Waals surface area (Å²) in [7, 11) is 1.41. The summed E-state index contributed by atoms with van der Waals surface area (Å²) in [6.07, 6.45) is 2.39. The smallest absolute Gasteiger partial charge is 0.169 e. The van der Waals surface area contributed by atoms with Crippen LogP contribution in [-0.4, -0.2) is 18.3 Å². The van der Waals surface area contributed by atoms with Crippen LogP contribution in [0.3, 0.4) is 0 Å². The maximum atomic E-state index is 14.0. The topological polar surface area (TPSA) is 55.5 Å². The molecule has 3 N–H and O–H groups in total. The van der Waals surface area contributed by atoms with Crippen LogP contribution in [0.5, 0.6) is 5.75 Å². The standard InChI is InChI=1S/C13H18FNO2/c1-17-10-7-3-6-9(11(10)14)12(15)13(16)8-4-2-5-8/h3,6-8,12-13,16H,2,4-5,15H2,1H3/t12-,13+/m1/s1. The van der Waals surface area contributed by atoms with Crippen molar-refractivity contribution in [1.82, 2.24) is 0 Å². The molecule has 0 bridgehead atoms. The van der Waals surface area contributed by atoms with Crippen molar-refractivity contribution in [1.29, 1.82) is 0 Å². The van der Waals surface area contributed by atoms with Crippen molar-refractivity contribution < 1.29 is 14.2 Å². The third-order valence-corrected chi connectivity index (χ3v) is 3.57. The number of ether oxygens (including phenoxy) is 1. The molecule has 1 aromatic carbocycles. The molecule has 2 atom stereocenters. The van der Waals surface area contributed by atoms with Gasteiger partial charge < -0.3 is 15.6 Å². The second-order valence-electron chi connectivity index (χ2n) is 4.57. The number of aliphatic hydroxyl groups excluding tert-OH is 1. The van der Waals surface area contributed by atoms with E-state index >= 15 is 0 Å². The van der Waals surface area contributed by atoms with Gasteiger partial charge in [0, 0.05) is 5.56 Å². The van der Waals surface area contributed by atoms with Crippen molar-refractivity contribution in [3.05, 3.63) is 29.6 Å². The summed E-state index contributed by atoms with van der Waals surface area (Å²) >= 11 is 0. The second-order valence-corrected chi connectivity index (χ2v) is 4.57. The third kappa shape index (κ3) is 2.28. The number of benzene rings is 1. The molecule has 1 aromatic rings. The molecule has 1 aliphatic rings. The first-order chi connectivity index (χ1) is 8.15. The minimum Gasteiger partial charge on any atom is -0.494 e. The zero-order valence-electron chi connectivity index (χ0n) is 9.90. The zero-order chi connectivity index (χ0) is 12.4. The summed E-state index contributed by atoms with van der Waals surface area (Å²) in [6, 6.07) is 4.14. The Morgan fingerprint density at radius 3 is 2.71 bits per heavy atom. The summed E-state index contributed by atoms with van der Waals surface area (Å²) in [4.78, 5) is 0. The van der Waals surface area contributed by atoms with Gasteiger partial charge >= 0.3 is 0 Å². The molecule has 0 heterocycles. The van der Waals surface area contributed by atoms with E-state index in [1.807, 2.05) is 0 Å². The maximum Gasteiger partial charge on any atom is 0.169 e. The molecule has 1 aliphatic carbocycles. The van der Waals surface area contributed by atoms with Crippen molar-refractivity contribution in [3.8, 4) is 5.75 Å². The Hall–Kier alpha value is -1.13. The number of methoxy groups -OCH3 is 1. The second kappa shape index (κ2) is 5.02. The van der Waals surface area contributed by atoms with Gasteiger partial charge in [-0.05, 0) is 24.8 Å². The van der Waals surface area contributed by atoms with Gasteiger partial charge in [-0.25, -0.2) is 4.39 Å². The Balaban J connectivity index is 2.20. The van der Waals surface area contributed by atoms with Crippen LogP contribution in [0, 0.1) is 11.7 Å². The van der Waals surface area contributed by atoms with E-state index in [1.165, 1.54) is 7.11 Å². The molecular formula is C13H18FNO2. The average Bonchev–Trinajstić information content (AvgIpc) is 2.26. The summed E-state index contributed by atoms with van der Waals surface area (Å²) in [5.74, 6) is -0.102. The Morgan fingerprint density at radius 2 is 2.18 bits per heavy atom. The molecule has 17 heavy (non-hydrogen) atoms. The van der Waals surface area contributed by atoms with E-state index in [4.69, 9.17) is 10.5 Å². The lowest BCUT2D eigenvalue weighted by molar-refractivity contribution is 0.0404. The number of halogens is 1. The molecule has 0 radical (unpaired) electrons. The quantitative estimate of drug-likeness (QED) is 0.845. The molecule has 1 saturated carbocycles. The van der Waals surface area contributed by atoms with Gasteiger partial charge in [-0.3, -0.25) is 0 Å². The Morgan fingerprint density at radius 1 is 1.47 bits per heavy atom. The average molecular weight is 239 g/mol. The van der Waals surface area contributed by atoms with Gasteiger partial charge in [-0.15, -0.1) is 0 Å². The van der Waals surface area contributed by atoms with Gasteiger partial charge in [0.05, 0.1) is 19.3 Å². The van der Waals surface area contributed by atoms with Crippen molar-refractivity contribution in [2.45, 2.75) is 31.4 Å². The molecule has 0 spiro atoms. The predicted octanol–water partition coefficient (Wildman–Crippen LogP) is 2.00. The molecule has 0 amide bonds. The van der Waals surface area contributed by atoms with Crippen molar-refractivity contribution in [3.63, 3.8) is 0 Å². The first-order valence-electron chi connectivity index (χ1n) is 5.91. The highest BCUT2D eigenvalue weighted by Crippen LogP contribution is 2.35. The van der Waals surface area contributed by atoms with Gasteiger partial charge in [-0.2, -0.15) is 0 Å². The Kier molecular flexibility index (Phi) is 3.64. The minimum absolute atomic E-state index is 0.166. The fourth-order valence-corrected chi connectivity index (χ4v) is 2.20. The summed E-state index contributed by atoms with van der Waals surface area (Å²) in [5, 5.41) is 10.0. The molecular weight excluding hydrogens is 221 g/mol. The molecule has 4 heteroatoms. The van der Waals surface area contributed by atoms with Crippen LogP contribution in [0.2, 0.25) is 0 Å². The maximum absolute atomic E-state index is 14.0. The highest BCUT2D eigenvalue weighted by molar-refractivity contribution is 5.33. The zero-order valence-corrected chi connectivity index (χ0v) is 9.90. The number of aliphatic hydroxyl groups is 1. The highest BCUT2D eigenvalue weighted by atomic mass is 19.1. The molecule has 0 aliphatic heterocycles. The van der Waals surface area contributed by atoms with Crippen LogP contribution in [-0.2, 0) is 0 Å². The Labute approximate surface area is 100 Å². The molecule has 0 unspecified atom stereocenters. The lowest BCUT2D eigenvalue weighted by atomic mass is 9.77. The summed E-state index contributed by atoms with van der Waals surface area (Å²) in [6.45, 7) is 0. The normalized spacial score (nSPS) is 19.5. The third-order valence-electron chi connectivity index (χ3n) is 3.57. The molecule has 2 rings (SSSR count). The van der Waals surface area contributed by atoms with E-state index in [-0.39, 0.29) is 11.7 Å². The van der Waals surface area contributed by atoms with Gasteiger partial charge in [0.2, 0.25) is 0 Å². The molecule has 94 valence electrons. The van der Waals surface area contributed by atoms with Gasteiger partial charge in [0.25, 0.3) is 0 Å². The van der Waals surface area contributed by atoms with Crippen LogP contribution in [0.1, 0.15) is 30.9 Å². The largest absolute Gasteiger partial charge is 0.494 e. The Bertz CT molecular complexity index is 393. The minimum atomic E-state index is -0.685. The lowest BCUT2D eigenvalue weighted by Gasteiger charge is -2.34. The van der Waals surface area contributed by atoms with E-state index in [0.717, 1.165) is 19.3 Å². The first kappa shape index (κ1) is 12.3. The summed E-state index contributed by atoms with van der Waals surface area (Å²) < 4.78 is 18.9. The molecule has 1 fully saturated rings. The van der Waals surface area contributed by atoms with E-state index in [1.54, 1.807) is 18.2 Å². The van der Waals surface area contributed by atoms with Crippen LogP contribution in [0.25, 0.3) is 0 Å². The summed E-state index contributed by atoms with van der Waals surface area (Å²) in [5.41, 5.74) is 6.25. The van der Waals surface area contributed by atoms with Crippen molar-refractivity contribution in [2.24, 2.45) is 11.7 Å². The fourth-order valence-electron chi connectivity index (χ4n) is 2.20. The number of hydrogen-bond acceptors (Lipinski definition) is 3. The van der Waals surface area contributed by atoms with E-state index in [9.17, 15) is 9.50 Å². The van der Waals surface area contributed by atoms with E-state index < -0.39 is 18.0 Å². The van der Waals surface area contributed by atoms with Gasteiger partial charge in [-0.1, -0.05) is 18.6 Å². The van der Waals surface area contributed by atoms with Crippen LogP contribution in [0.15, 0.2) is 18.2 Å². The van der Waals surface area contributed by atoms with E-state index in [2.05, 4.69) is 0 Å². The van der Waals surface area contributed by atoms with Gasteiger partial charge in [0.1, 0.15) is 0 Å². The highest BCUT2D eigenvalue weighted by Gasteiger charge is 2.32.